The quantitative estimate of drug-likeness (QED) is 0.893. The van der Waals surface area contributed by atoms with Crippen LogP contribution in [0.3, 0.4) is 0 Å². The van der Waals surface area contributed by atoms with Crippen LogP contribution in [0.2, 0.25) is 0 Å². The maximum Gasteiger partial charge on any atom is 0.0954 e. The number of piperidine rings is 1. The molecule has 0 aliphatic carbocycles. The molecule has 2 fully saturated rings. The van der Waals surface area contributed by atoms with Crippen molar-refractivity contribution in [1.82, 2.24) is 15.2 Å². The van der Waals surface area contributed by atoms with Gasteiger partial charge in [0.2, 0.25) is 0 Å². The van der Waals surface area contributed by atoms with Crippen molar-refractivity contribution in [3.05, 3.63) is 16.1 Å². The highest BCUT2D eigenvalue weighted by Crippen LogP contribution is 2.30. The zero-order valence-corrected chi connectivity index (χ0v) is 15.5. The first-order chi connectivity index (χ1) is 9.11. The van der Waals surface area contributed by atoms with Gasteiger partial charge in [-0.05, 0) is 32.7 Å². The largest absolute Gasteiger partial charge is 0.311 e. The summed E-state index contributed by atoms with van der Waals surface area (Å²) in [5.41, 5.74) is 1.25. The van der Waals surface area contributed by atoms with Gasteiger partial charge in [0.05, 0.1) is 10.7 Å². The Bertz CT molecular complexity index is 426. The molecule has 122 valence electrons. The number of nitrogens with zero attached hydrogens (tertiary/aromatic N) is 2. The number of thiazole rings is 1. The van der Waals surface area contributed by atoms with Gasteiger partial charge in [0.1, 0.15) is 0 Å². The summed E-state index contributed by atoms with van der Waals surface area (Å²) in [5, 5.41) is 7.23. The Morgan fingerprint density at radius 3 is 2.43 bits per heavy atom. The molecule has 0 aromatic carbocycles. The molecule has 0 amide bonds. The van der Waals surface area contributed by atoms with Crippen molar-refractivity contribution < 1.29 is 0 Å². The molecule has 3 rings (SSSR count). The molecule has 1 aromatic rings. The van der Waals surface area contributed by atoms with E-state index >= 15 is 0 Å². The first kappa shape index (κ1) is 19.2. The molecule has 21 heavy (non-hydrogen) atoms. The second-order valence-electron chi connectivity index (χ2n) is 6.51. The number of fused-ring (bicyclic) bond motifs is 2. The van der Waals surface area contributed by atoms with Crippen LogP contribution in [-0.2, 0) is 6.54 Å². The van der Waals surface area contributed by atoms with Gasteiger partial charge in [0, 0.05) is 36.0 Å². The zero-order chi connectivity index (χ0) is 13.4. The number of halogens is 2. The summed E-state index contributed by atoms with van der Waals surface area (Å²) in [5.74, 6) is 0.554. The molecular weight excluding hydrogens is 325 g/mol. The van der Waals surface area contributed by atoms with E-state index in [2.05, 4.69) is 36.5 Å². The van der Waals surface area contributed by atoms with Gasteiger partial charge in [0.15, 0.2) is 0 Å². The Labute approximate surface area is 144 Å². The molecule has 3 heterocycles. The van der Waals surface area contributed by atoms with E-state index < -0.39 is 0 Å². The first-order valence-electron chi connectivity index (χ1n) is 7.52. The van der Waals surface area contributed by atoms with Gasteiger partial charge in [-0.3, -0.25) is 4.90 Å². The molecular formula is C15H27Cl2N3S. The Morgan fingerprint density at radius 1 is 1.29 bits per heavy atom. The van der Waals surface area contributed by atoms with E-state index in [-0.39, 0.29) is 24.8 Å². The van der Waals surface area contributed by atoms with Crippen LogP contribution in [-0.4, -0.2) is 35.1 Å². The number of rotatable bonds is 4. The summed E-state index contributed by atoms with van der Waals surface area (Å²) in [4.78, 5) is 7.28. The molecule has 2 bridgehead atoms. The predicted molar refractivity (Wildman–Crippen MR) is 95.1 cm³/mol. The average molecular weight is 352 g/mol. The van der Waals surface area contributed by atoms with Crippen LogP contribution in [0.15, 0.2) is 5.38 Å². The fraction of sp³-hybridized carbons (Fsp3) is 0.800. The minimum absolute atomic E-state index is 0. The van der Waals surface area contributed by atoms with Crippen LogP contribution in [0, 0.1) is 0 Å². The van der Waals surface area contributed by atoms with E-state index in [0.717, 1.165) is 24.7 Å². The molecule has 2 aliphatic rings. The molecule has 1 N–H and O–H groups in total. The molecule has 0 radical (unpaired) electrons. The monoisotopic (exact) mass is 351 g/mol. The van der Waals surface area contributed by atoms with Gasteiger partial charge in [-0.1, -0.05) is 13.8 Å². The maximum absolute atomic E-state index is 4.76. The van der Waals surface area contributed by atoms with Crippen molar-refractivity contribution in [3.63, 3.8) is 0 Å². The van der Waals surface area contributed by atoms with Crippen LogP contribution in [0.4, 0.5) is 0 Å². The van der Waals surface area contributed by atoms with Crippen molar-refractivity contribution in [2.45, 2.75) is 70.1 Å². The van der Waals surface area contributed by atoms with E-state index in [9.17, 15) is 0 Å². The van der Waals surface area contributed by atoms with Crippen molar-refractivity contribution in [3.8, 4) is 0 Å². The third-order valence-corrected chi connectivity index (χ3v) is 5.74. The highest BCUT2D eigenvalue weighted by atomic mass is 35.5. The van der Waals surface area contributed by atoms with Gasteiger partial charge in [-0.25, -0.2) is 4.98 Å². The minimum Gasteiger partial charge on any atom is -0.311 e. The summed E-state index contributed by atoms with van der Waals surface area (Å²) >= 11 is 1.81. The Kier molecular flexibility index (Phi) is 7.41. The maximum atomic E-state index is 4.76. The summed E-state index contributed by atoms with van der Waals surface area (Å²) < 4.78 is 0. The summed E-state index contributed by atoms with van der Waals surface area (Å²) in [6.07, 6.45) is 5.38. The molecule has 3 nitrogen and oxygen atoms in total. The SMILES string of the molecule is CC(C)c1nc(CN(C)C2CC3CCC(C2)N3)cs1.Cl.Cl. The Balaban J connectivity index is 0.00000110. The third-order valence-electron chi connectivity index (χ3n) is 4.55. The lowest BCUT2D eigenvalue weighted by Crippen LogP contribution is -2.46. The molecule has 1 aromatic heterocycles. The van der Waals surface area contributed by atoms with Gasteiger partial charge in [-0.15, -0.1) is 36.2 Å². The number of nitrogens with one attached hydrogen (secondary N) is 1. The fourth-order valence-corrected chi connectivity index (χ4v) is 4.26. The van der Waals surface area contributed by atoms with Crippen LogP contribution in [0.25, 0.3) is 0 Å². The van der Waals surface area contributed by atoms with E-state index in [4.69, 9.17) is 4.98 Å². The standard InChI is InChI=1S/C15H25N3S.2ClH/c1-10(2)15-17-13(9-19-15)8-18(3)14-6-11-4-5-12(7-14)16-11;;/h9-12,14,16H,4-8H2,1-3H3;2*1H. The van der Waals surface area contributed by atoms with Gasteiger partial charge in [0.25, 0.3) is 0 Å². The first-order valence-corrected chi connectivity index (χ1v) is 8.40. The minimum atomic E-state index is 0. The molecule has 2 saturated heterocycles. The van der Waals surface area contributed by atoms with E-state index in [1.807, 2.05) is 11.3 Å². The van der Waals surface area contributed by atoms with Crippen molar-refractivity contribution in [2.24, 2.45) is 0 Å². The highest BCUT2D eigenvalue weighted by Gasteiger charge is 2.35. The van der Waals surface area contributed by atoms with Crippen LogP contribution in [0.5, 0.6) is 0 Å². The highest BCUT2D eigenvalue weighted by molar-refractivity contribution is 7.09. The van der Waals surface area contributed by atoms with Crippen LogP contribution >= 0.6 is 36.2 Å². The number of hydrogen-bond acceptors (Lipinski definition) is 4. The molecule has 2 atom stereocenters. The molecule has 6 heteroatoms. The summed E-state index contributed by atoms with van der Waals surface area (Å²) in [7, 11) is 2.27. The topological polar surface area (TPSA) is 28.2 Å². The van der Waals surface area contributed by atoms with Gasteiger partial charge < -0.3 is 5.32 Å². The zero-order valence-electron chi connectivity index (χ0n) is 13.0. The lowest BCUT2D eigenvalue weighted by molar-refractivity contribution is 0.164. The predicted octanol–water partition coefficient (Wildman–Crippen LogP) is 3.82. The summed E-state index contributed by atoms with van der Waals surface area (Å²) in [6, 6.07) is 2.28. The van der Waals surface area contributed by atoms with Crippen molar-refractivity contribution in [2.75, 3.05) is 7.05 Å². The van der Waals surface area contributed by atoms with Crippen LogP contribution < -0.4 is 5.32 Å². The molecule has 0 saturated carbocycles. The number of aromatic nitrogens is 1. The van der Waals surface area contributed by atoms with Gasteiger partial charge in [-0.2, -0.15) is 0 Å². The molecule has 2 unspecified atom stereocenters. The summed E-state index contributed by atoms with van der Waals surface area (Å²) in [6.45, 7) is 5.45. The average Bonchev–Trinajstić information content (AvgIpc) is 2.96. The van der Waals surface area contributed by atoms with E-state index in [1.165, 1.54) is 36.4 Å². The molecule has 0 spiro atoms. The second-order valence-corrected chi connectivity index (χ2v) is 7.40. The Hall–Kier alpha value is 0.130. The Morgan fingerprint density at radius 2 is 1.90 bits per heavy atom. The van der Waals surface area contributed by atoms with Crippen molar-refractivity contribution >= 4 is 36.2 Å². The normalized spacial score (nSPS) is 27.6. The fourth-order valence-electron chi connectivity index (χ4n) is 3.43. The lowest BCUT2D eigenvalue weighted by Gasteiger charge is -2.35. The lowest BCUT2D eigenvalue weighted by atomic mass is 9.98. The molecule has 2 aliphatic heterocycles. The number of hydrogen-bond donors (Lipinski definition) is 1. The van der Waals surface area contributed by atoms with Crippen molar-refractivity contribution in [1.29, 1.82) is 0 Å². The van der Waals surface area contributed by atoms with E-state index in [0.29, 0.717) is 5.92 Å². The second kappa shape index (κ2) is 8.11. The van der Waals surface area contributed by atoms with E-state index in [1.54, 1.807) is 0 Å². The van der Waals surface area contributed by atoms with Crippen LogP contribution in [0.1, 0.15) is 56.2 Å². The van der Waals surface area contributed by atoms with Gasteiger partial charge >= 0.3 is 0 Å². The smallest absolute Gasteiger partial charge is 0.0954 e. The third kappa shape index (κ3) is 4.55.